The molecule has 0 saturated carbocycles. The van der Waals surface area contributed by atoms with E-state index in [0.717, 1.165) is 25.9 Å². The van der Waals surface area contributed by atoms with Gasteiger partial charge in [0.2, 0.25) is 0 Å². The maximum Gasteiger partial charge on any atom is 0.339 e. The molecule has 98 valence electrons. The summed E-state index contributed by atoms with van der Waals surface area (Å²) in [6.07, 6.45) is 2.26. The number of anilines is 1. The average molecular weight is 250 g/mol. The van der Waals surface area contributed by atoms with Crippen LogP contribution in [0.2, 0.25) is 0 Å². The van der Waals surface area contributed by atoms with Crippen molar-refractivity contribution >= 4 is 11.7 Å². The summed E-state index contributed by atoms with van der Waals surface area (Å²) in [7, 11) is 0. The molecule has 2 rings (SSSR count). The second-order valence-electron chi connectivity index (χ2n) is 4.58. The Balaban J connectivity index is 2.01. The Morgan fingerprint density at radius 1 is 1.56 bits per heavy atom. The lowest BCUT2D eigenvalue weighted by molar-refractivity contribution is 0.0691. The second kappa shape index (κ2) is 5.73. The van der Waals surface area contributed by atoms with Crippen molar-refractivity contribution in [1.82, 2.24) is 5.32 Å². The van der Waals surface area contributed by atoms with Gasteiger partial charge in [-0.25, -0.2) is 4.79 Å². The van der Waals surface area contributed by atoms with Crippen molar-refractivity contribution < 1.29 is 14.6 Å². The molecule has 0 aromatic heterocycles. The molecule has 1 saturated heterocycles. The quantitative estimate of drug-likeness (QED) is 0.702. The third kappa shape index (κ3) is 3.13. The van der Waals surface area contributed by atoms with Crippen LogP contribution in [0.4, 0.5) is 5.69 Å². The molecular formula is C13H18N2O3. The van der Waals surface area contributed by atoms with Crippen molar-refractivity contribution in [3.63, 3.8) is 0 Å². The minimum Gasteiger partial charge on any atom is -0.492 e. The van der Waals surface area contributed by atoms with Gasteiger partial charge in [-0.2, -0.15) is 0 Å². The molecule has 0 radical (unpaired) electrons. The number of aromatic carboxylic acids is 1. The van der Waals surface area contributed by atoms with E-state index in [9.17, 15) is 4.79 Å². The number of nitrogen functional groups attached to an aromatic ring is 1. The van der Waals surface area contributed by atoms with Gasteiger partial charge in [0.05, 0.1) is 6.61 Å². The Morgan fingerprint density at radius 3 is 3.06 bits per heavy atom. The Hall–Kier alpha value is -1.75. The minimum absolute atomic E-state index is 0.124. The van der Waals surface area contributed by atoms with Crippen LogP contribution in [0.15, 0.2) is 18.2 Å². The Bertz CT molecular complexity index is 428. The van der Waals surface area contributed by atoms with Crippen LogP contribution in [0.3, 0.4) is 0 Å². The zero-order valence-electron chi connectivity index (χ0n) is 10.2. The predicted molar refractivity (Wildman–Crippen MR) is 68.9 cm³/mol. The van der Waals surface area contributed by atoms with Gasteiger partial charge in [-0.3, -0.25) is 0 Å². The van der Waals surface area contributed by atoms with Gasteiger partial charge in [0.15, 0.2) is 0 Å². The number of piperidine rings is 1. The summed E-state index contributed by atoms with van der Waals surface area (Å²) in [6, 6.07) is 4.70. The summed E-state index contributed by atoms with van der Waals surface area (Å²) in [6.45, 7) is 2.52. The van der Waals surface area contributed by atoms with E-state index in [2.05, 4.69) is 5.32 Å². The van der Waals surface area contributed by atoms with E-state index in [-0.39, 0.29) is 5.56 Å². The lowest BCUT2D eigenvalue weighted by Crippen LogP contribution is -2.33. The molecule has 5 nitrogen and oxygen atoms in total. The third-order valence-electron chi connectivity index (χ3n) is 3.11. The van der Waals surface area contributed by atoms with Gasteiger partial charge in [0.25, 0.3) is 0 Å². The lowest BCUT2D eigenvalue weighted by Gasteiger charge is -2.23. The number of carboxylic acids is 1. The van der Waals surface area contributed by atoms with Gasteiger partial charge in [0.1, 0.15) is 11.3 Å². The number of carboxylic acid groups (broad SMARTS) is 1. The Kier molecular flexibility index (Phi) is 4.04. The molecule has 0 bridgehead atoms. The van der Waals surface area contributed by atoms with Crippen molar-refractivity contribution in [2.45, 2.75) is 12.8 Å². The predicted octanol–water partition coefficient (Wildman–Crippen LogP) is 1.35. The Morgan fingerprint density at radius 2 is 2.39 bits per heavy atom. The highest BCUT2D eigenvalue weighted by molar-refractivity contribution is 5.92. The SMILES string of the molecule is Nc1ccc(OCC2CCCNC2)c(C(=O)O)c1. The van der Waals surface area contributed by atoms with E-state index in [0.29, 0.717) is 24.0 Å². The average Bonchev–Trinajstić information content (AvgIpc) is 2.38. The van der Waals surface area contributed by atoms with Crippen molar-refractivity contribution in [1.29, 1.82) is 0 Å². The van der Waals surface area contributed by atoms with E-state index >= 15 is 0 Å². The molecule has 4 N–H and O–H groups in total. The topological polar surface area (TPSA) is 84.6 Å². The number of rotatable bonds is 4. The van der Waals surface area contributed by atoms with Gasteiger partial charge in [0, 0.05) is 18.2 Å². The lowest BCUT2D eigenvalue weighted by atomic mass is 10.0. The monoisotopic (exact) mass is 250 g/mol. The summed E-state index contributed by atoms with van der Waals surface area (Å²) >= 11 is 0. The van der Waals surface area contributed by atoms with Crippen LogP contribution in [0.25, 0.3) is 0 Å². The smallest absolute Gasteiger partial charge is 0.339 e. The zero-order chi connectivity index (χ0) is 13.0. The Labute approximate surface area is 106 Å². The summed E-state index contributed by atoms with van der Waals surface area (Å²) in [4.78, 5) is 11.1. The van der Waals surface area contributed by atoms with Crippen molar-refractivity contribution in [2.75, 3.05) is 25.4 Å². The van der Waals surface area contributed by atoms with E-state index in [1.165, 1.54) is 6.07 Å². The first kappa shape index (κ1) is 12.7. The summed E-state index contributed by atoms with van der Waals surface area (Å²) in [5.41, 5.74) is 6.13. The minimum atomic E-state index is -1.01. The highest BCUT2D eigenvalue weighted by atomic mass is 16.5. The summed E-state index contributed by atoms with van der Waals surface area (Å²) < 4.78 is 5.62. The normalized spacial score (nSPS) is 19.4. The van der Waals surface area contributed by atoms with Crippen LogP contribution in [0.5, 0.6) is 5.75 Å². The van der Waals surface area contributed by atoms with Crippen LogP contribution in [-0.2, 0) is 0 Å². The maximum absolute atomic E-state index is 11.1. The first-order valence-electron chi connectivity index (χ1n) is 6.13. The van der Waals surface area contributed by atoms with Gasteiger partial charge in [-0.15, -0.1) is 0 Å². The number of carbonyl (C=O) groups is 1. The molecule has 1 atom stereocenters. The fourth-order valence-electron chi connectivity index (χ4n) is 2.11. The number of nitrogens with two attached hydrogens (primary N) is 1. The van der Waals surface area contributed by atoms with Gasteiger partial charge in [-0.05, 0) is 37.6 Å². The van der Waals surface area contributed by atoms with E-state index < -0.39 is 5.97 Å². The number of nitrogens with one attached hydrogen (secondary N) is 1. The third-order valence-corrected chi connectivity index (χ3v) is 3.11. The van der Waals surface area contributed by atoms with Crippen LogP contribution in [0, 0.1) is 5.92 Å². The summed E-state index contributed by atoms with van der Waals surface area (Å²) in [5, 5.41) is 12.4. The number of benzene rings is 1. The number of hydrogen-bond acceptors (Lipinski definition) is 4. The van der Waals surface area contributed by atoms with Crippen LogP contribution in [-0.4, -0.2) is 30.8 Å². The number of ether oxygens (including phenoxy) is 1. The molecule has 18 heavy (non-hydrogen) atoms. The highest BCUT2D eigenvalue weighted by Gasteiger charge is 2.16. The molecule has 1 aliphatic heterocycles. The van der Waals surface area contributed by atoms with Gasteiger partial charge in [-0.1, -0.05) is 0 Å². The molecule has 0 aliphatic carbocycles. The fourth-order valence-corrected chi connectivity index (χ4v) is 2.11. The zero-order valence-corrected chi connectivity index (χ0v) is 10.2. The molecule has 1 unspecified atom stereocenters. The van der Waals surface area contributed by atoms with Crippen molar-refractivity contribution in [3.8, 4) is 5.75 Å². The van der Waals surface area contributed by atoms with E-state index in [1.54, 1.807) is 12.1 Å². The second-order valence-corrected chi connectivity index (χ2v) is 4.58. The van der Waals surface area contributed by atoms with Gasteiger partial charge >= 0.3 is 5.97 Å². The van der Waals surface area contributed by atoms with Gasteiger partial charge < -0.3 is 20.9 Å². The molecule has 0 amide bonds. The molecule has 1 aliphatic rings. The van der Waals surface area contributed by atoms with Crippen LogP contribution < -0.4 is 15.8 Å². The van der Waals surface area contributed by atoms with E-state index in [1.807, 2.05) is 0 Å². The van der Waals surface area contributed by atoms with Crippen LogP contribution >= 0.6 is 0 Å². The van der Waals surface area contributed by atoms with E-state index in [4.69, 9.17) is 15.6 Å². The van der Waals surface area contributed by atoms with Crippen LogP contribution in [0.1, 0.15) is 23.2 Å². The maximum atomic E-state index is 11.1. The molecule has 0 spiro atoms. The molecular weight excluding hydrogens is 232 g/mol. The standard InChI is InChI=1S/C13H18N2O3/c14-10-3-4-12(11(6-10)13(16)17)18-8-9-2-1-5-15-7-9/h3-4,6,9,15H,1-2,5,7-8,14H2,(H,16,17). The number of hydrogen-bond donors (Lipinski definition) is 3. The van der Waals surface area contributed by atoms with Crippen molar-refractivity contribution in [3.05, 3.63) is 23.8 Å². The first-order chi connectivity index (χ1) is 8.66. The molecule has 1 aromatic carbocycles. The molecule has 1 aromatic rings. The molecule has 5 heteroatoms. The largest absolute Gasteiger partial charge is 0.492 e. The highest BCUT2D eigenvalue weighted by Crippen LogP contribution is 2.22. The fraction of sp³-hybridized carbons (Fsp3) is 0.462. The molecule has 1 heterocycles. The van der Waals surface area contributed by atoms with Crippen molar-refractivity contribution in [2.24, 2.45) is 5.92 Å². The first-order valence-corrected chi connectivity index (χ1v) is 6.13. The summed E-state index contributed by atoms with van der Waals surface area (Å²) in [5.74, 6) is -0.181. The molecule has 1 fully saturated rings.